The van der Waals surface area contributed by atoms with Crippen LogP contribution >= 0.6 is 0 Å². The summed E-state index contributed by atoms with van der Waals surface area (Å²) in [7, 11) is 1.68. The summed E-state index contributed by atoms with van der Waals surface area (Å²) < 4.78 is 0. The number of nitrogens with zero attached hydrogens (tertiary/aromatic N) is 1. The minimum Gasteiger partial charge on any atom is -0.394 e. The van der Waals surface area contributed by atoms with Crippen molar-refractivity contribution in [2.24, 2.45) is 0 Å². The highest BCUT2D eigenvalue weighted by molar-refractivity contribution is 6.35. The van der Waals surface area contributed by atoms with Crippen LogP contribution < -0.4 is 5.32 Å². The monoisotopic (exact) mass is 256 g/mol. The van der Waals surface area contributed by atoms with Crippen LogP contribution in [0.1, 0.15) is 46.0 Å². The van der Waals surface area contributed by atoms with Crippen LogP contribution in [0.15, 0.2) is 0 Å². The van der Waals surface area contributed by atoms with Gasteiger partial charge in [-0.25, -0.2) is 0 Å². The van der Waals surface area contributed by atoms with Crippen molar-refractivity contribution in [2.75, 3.05) is 13.7 Å². The highest BCUT2D eigenvalue weighted by Crippen LogP contribution is 2.21. The lowest BCUT2D eigenvalue weighted by molar-refractivity contribution is -0.147. The molecule has 0 heterocycles. The number of hydrogen-bond acceptors (Lipinski definition) is 3. The molecule has 104 valence electrons. The van der Waals surface area contributed by atoms with Crippen molar-refractivity contribution in [3.63, 3.8) is 0 Å². The van der Waals surface area contributed by atoms with Gasteiger partial charge >= 0.3 is 11.8 Å². The smallest absolute Gasteiger partial charge is 0.311 e. The van der Waals surface area contributed by atoms with E-state index in [1.54, 1.807) is 25.8 Å². The van der Waals surface area contributed by atoms with Crippen LogP contribution in [0.2, 0.25) is 0 Å². The zero-order valence-electron chi connectivity index (χ0n) is 11.5. The SMILES string of the molecule is CN(C(=O)C(=O)NC(C)(C)CO)C1CCCCC1. The first-order valence-corrected chi connectivity index (χ1v) is 6.57. The van der Waals surface area contributed by atoms with E-state index in [9.17, 15) is 9.59 Å². The Kier molecular flexibility index (Phi) is 5.14. The first-order chi connectivity index (χ1) is 8.37. The number of rotatable bonds is 3. The molecular weight excluding hydrogens is 232 g/mol. The Hall–Kier alpha value is -1.10. The Bertz CT molecular complexity index is 309. The third-order valence-electron chi connectivity index (χ3n) is 3.48. The lowest BCUT2D eigenvalue weighted by Gasteiger charge is -2.32. The first kappa shape index (κ1) is 15.0. The van der Waals surface area contributed by atoms with Crippen LogP contribution in [0.4, 0.5) is 0 Å². The van der Waals surface area contributed by atoms with E-state index in [1.165, 1.54) is 6.42 Å². The van der Waals surface area contributed by atoms with Gasteiger partial charge in [-0.05, 0) is 26.7 Å². The Morgan fingerprint density at radius 2 is 1.83 bits per heavy atom. The van der Waals surface area contributed by atoms with Crippen molar-refractivity contribution in [1.82, 2.24) is 10.2 Å². The fraction of sp³-hybridized carbons (Fsp3) is 0.846. The van der Waals surface area contributed by atoms with Crippen LogP contribution in [-0.4, -0.2) is 47.1 Å². The number of amides is 2. The van der Waals surface area contributed by atoms with Crippen molar-refractivity contribution >= 4 is 11.8 Å². The van der Waals surface area contributed by atoms with Crippen LogP contribution in [-0.2, 0) is 9.59 Å². The maximum Gasteiger partial charge on any atom is 0.311 e. The summed E-state index contributed by atoms with van der Waals surface area (Å²) in [6.45, 7) is 3.16. The molecule has 0 aromatic heterocycles. The van der Waals surface area contributed by atoms with Crippen LogP contribution in [0.25, 0.3) is 0 Å². The lowest BCUT2D eigenvalue weighted by Crippen LogP contribution is -2.53. The van der Waals surface area contributed by atoms with Crippen molar-refractivity contribution in [3.8, 4) is 0 Å². The zero-order chi connectivity index (χ0) is 13.8. The Morgan fingerprint density at radius 3 is 2.33 bits per heavy atom. The maximum atomic E-state index is 12.0. The van der Waals surface area contributed by atoms with Gasteiger partial charge < -0.3 is 15.3 Å². The molecule has 0 spiro atoms. The van der Waals surface area contributed by atoms with E-state index < -0.39 is 17.4 Å². The van der Waals surface area contributed by atoms with Crippen LogP contribution in [0.5, 0.6) is 0 Å². The predicted octanol–water partition coefficient (Wildman–Crippen LogP) is 0.665. The van der Waals surface area contributed by atoms with Gasteiger partial charge in [-0.2, -0.15) is 0 Å². The summed E-state index contributed by atoms with van der Waals surface area (Å²) in [4.78, 5) is 25.3. The highest BCUT2D eigenvalue weighted by atomic mass is 16.3. The predicted molar refractivity (Wildman–Crippen MR) is 69.0 cm³/mol. The zero-order valence-corrected chi connectivity index (χ0v) is 11.5. The third-order valence-corrected chi connectivity index (χ3v) is 3.48. The van der Waals surface area contributed by atoms with E-state index in [2.05, 4.69) is 5.32 Å². The summed E-state index contributed by atoms with van der Waals surface area (Å²) in [6.07, 6.45) is 5.39. The molecule has 1 aliphatic carbocycles. The molecule has 1 fully saturated rings. The molecule has 0 aromatic carbocycles. The molecular formula is C13H24N2O3. The Balaban J connectivity index is 2.54. The van der Waals surface area contributed by atoms with Crippen LogP contribution in [0, 0.1) is 0 Å². The fourth-order valence-corrected chi connectivity index (χ4v) is 2.19. The summed E-state index contributed by atoms with van der Waals surface area (Å²) in [5.41, 5.74) is -0.764. The average molecular weight is 256 g/mol. The molecule has 2 N–H and O–H groups in total. The molecule has 0 aliphatic heterocycles. The second-order valence-corrected chi connectivity index (χ2v) is 5.70. The molecule has 5 heteroatoms. The number of aliphatic hydroxyl groups excluding tert-OH is 1. The molecule has 1 saturated carbocycles. The highest BCUT2D eigenvalue weighted by Gasteiger charge is 2.29. The second kappa shape index (κ2) is 6.18. The van der Waals surface area contributed by atoms with E-state index >= 15 is 0 Å². The molecule has 1 rings (SSSR count). The van der Waals surface area contributed by atoms with Crippen molar-refractivity contribution in [2.45, 2.75) is 57.5 Å². The quantitative estimate of drug-likeness (QED) is 0.729. The summed E-state index contributed by atoms with van der Waals surface area (Å²) >= 11 is 0. The largest absolute Gasteiger partial charge is 0.394 e. The third kappa shape index (κ3) is 3.98. The topological polar surface area (TPSA) is 69.6 Å². The van der Waals surface area contributed by atoms with E-state index in [4.69, 9.17) is 5.11 Å². The number of likely N-dealkylation sites (N-methyl/N-ethyl adjacent to an activating group) is 1. The van der Waals surface area contributed by atoms with Gasteiger partial charge in [-0.1, -0.05) is 19.3 Å². The number of aliphatic hydroxyl groups is 1. The van der Waals surface area contributed by atoms with E-state index in [-0.39, 0.29) is 12.6 Å². The molecule has 0 atom stereocenters. The first-order valence-electron chi connectivity index (χ1n) is 6.57. The fourth-order valence-electron chi connectivity index (χ4n) is 2.19. The maximum absolute atomic E-state index is 12.0. The van der Waals surface area contributed by atoms with Gasteiger partial charge in [0, 0.05) is 13.1 Å². The van der Waals surface area contributed by atoms with Crippen molar-refractivity contribution in [1.29, 1.82) is 0 Å². The van der Waals surface area contributed by atoms with E-state index in [0.29, 0.717) is 0 Å². The molecule has 0 unspecified atom stereocenters. The van der Waals surface area contributed by atoms with Gasteiger partial charge in [0.1, 0.15) is 0 Å². The molecule has 2 amide bonds. The van der Waals surface area contributed by atoms with Crippen LogP contribution in [0.3, 0.4) is 0 Å². The van der Waals surface area contributed by atoms with Gasteiger partial charge in [0.25, 0.3) is 0 Å². The minimum absolute atomic E-state index is 0.175. The minimum atomic E-state index is -0.764. The lowest BCUT2D eigenvalue weighted by atomic mass is 9.94. The van der Waals surface area contributed by atoms with Gasteiger partial charge in [0.2, 0.25) is 0 Å². The standard InChI is InChI=1S/C13H24N2O3/c1-13(2,9-16)14-11(17)12(18)15(3)10-7-5-4-6-8-10/h10,16H,4-9H2,1-3H3,(H,14,17). The number of carbonyl (C=O) groups excluding carboxylic acids is 2. The molecule has 0 saturated heterocycles. The van der Waals surface area contributed by atoms with Gasteiger partial charge in [-0.15, -0.1) is 0 Å². The molecule has 18 heavy (non-hydrogen) atoms. The van der Waals surface area contributed by atoms with Crippen molar-refractivity contribution < 1.29 is 14.7 Å². The Labute approximate surface area is 109 Å². The molecule has 1 aliphatic rings. The van der Waals surface area contributed by atoms with E-state index in [1.807, 2.05) is 0 Å². The molecule has 5 nitrogen and oxygen atoms in total. The number of hydrogen-bond donors (Lipinski definition) is 2. The molecule has 0 aromatic rings. The number of carbonyl (C=O) groups is 2. The van der Waals surface area contributed by atoms with E-state index in [0.717, 1.165) is 25.7 Å². The van der Waals surface area contributed by atoms with Gasteiger partial charge in [0.05, 0.1) is 12.1 Å². The summed E-state index contributed by atoms with van der Waals surface area (Å²) in [5, 5.41) is 11.6. The summed E-state index contributed by atoms with van der Waals surface area (Å²) in [5.74, 6) is -1.15. The average Bonchev–Trinajstić information content (AvgIpc) is 2.37. The van der Waals surface area contributed by atoms with Gasteiger partial charge in [0.15, 0.2) is 0 Å². The normalized spacial score (nSPS) is 17.3. The molecule has 0 radical (unpaired) electrons. The van der Waals surface area contributed by atoms with Crippen molar-refractivity contribution in [3.05, 3.63) is 0 Å². The number of nitrogens with one attached hydrogen (secondary N) is 1. The second-order valence-electron chi connectivity index (χ2n) is 5.70. The molecule has 0 bridgehead atoms. The van der Waals surface area contributed by atoms with Gasteiger partial charge in [-0.3, -0.25) is 9.59 Å². The summed E-state index contributed by atoms with van der Waals surface area (Å²) in [6, 6.07) is 0.175. The Morgan fingerprint density at radius 1 is 1.28 bits per heavy atom.